The molecule has 0 radical (unpaired) electrons. The van der Waals surface area contributed by atoms with Crippen LogP contribution in [0, 0.1) is 3.57 Å². The van der Waals surface area contributed by atoms with Gasteiger partial charge in [0.1, 0.15) is 17.3 Å². The summed E-state index contributed by atoms with van der Waals surface area (Å²) in [4.78, 5) is 5.01. The van der Waals surface area contributed by atoms with Crippen LogP contribution in [-0.2, 0) is 15.9 Å². The van der Waals surface area contributed by atoms with Gasteiger partial charge in [-0.05, 0) is 78.1 Å². The van der Waals surface area contributed by atoms with Crippen LogP contribution in [0.3, 0.4) is 0 Å². The minimum absolute atomic E-state index is 0.0216. The second-order valence-corrected chi connectivity index (χ2v) is 13.3. The van der Waals surface area contributed by atoms with E-state index in [1.807, 2.05) is 18.2 Å². The molecule has 0 heterocycles. The third-order valence-electron chi connectivity index (χ3n) is 7.15. The summed E-state index contributed by atoms with van der Waals surface area (Å²) in [5.74, 6) is 2.86. The number of hydrogen-bond donors (Lipinski definition) is 1. The molecule has 2 atom stereocenters. The van der Waals surface area contributed by atoms with Crippen LogP contribution in [0.25, 0.3) is 0 Å². The highest BCUT2D eigenvalue weighted by Crippen LogP contribution is 2.29. The minimum atomic E-state index is 0.0216. The van der Waals surface area contributed by atoms with Crippen molar-refractivity contribution < 1.29 is 14.2 Å². The topological polar surface area (TPSA) is 52.1 Å². The molecule has 0 aromatic heterocycles. The van der Waals surface area contributed by atoms with E-state index in [0.717, 1.165) is 33.5 Å². The van der Waals surface area contributed by atoms with Gasteiger partial charge in [-0.2, -0.15) is 0 Å². The maximum atomic E-state index is 6.27. The van der Waals surface area contributed by atoms with Crippen molar-refractivity contribution in [3.8, 4) is 5.75 Å². The summed E-state index contributed by atoms with van der Waals surface area (Å²) in [7, 11) is 0. The van der Waals surface area contributed by atoms with Crippen molar-refractivity contribution in [1.29, 1.82) is 0 Å². The fraction of sp³-hybridized carbons (Fsp3) is 0.567. The summed E-state index contributed by atoms with van der Waals surface area (Å²) in [5.41, 5.74) is 1.14. The second-order valence-electron chi connectivity index (χ2n) is 10.3. The van der Waals surface area contributed by atoms with Gasteiger partial charge in [0.25, 0.3) is 6.02 Å². The van der Waals surface area contributed by atoms with Crippen LogP contribution < -0.4 is 10.1 Å². The van der Waals surface area contributed by atoms with Crippen molar-refractivity contribution in [2.75, 3.05) is 12.5 Å². The molecule has 1 N–H and O–H groups in total. The van der Waals surface area contributed by atoms with Gasteiger partial charge in [-0.25, -0.2) is 4.99 Å². The van der Waals surface area contributed by atoms with Crippen LogP contribution in [0.2, 0.25) is 0 Å². The van der Waals surface area contributed by atoms with E-state index in [-0.39, 0.29) is 10.0 Å². The molecule has 2 fully saturated rings. The number of rotatable bonds is 10. The Kier molecular flexibility index (Phi) is 12.6. The molecule has 208 valence electrons. The number of allylic oxidation sites excluding steroid dienone is 2. The minimum Gasteiger partial charge on any atom is -0.457 e. The van der Waals surface area contributed by atoms with E-state index >= 15 is 0 Å². The monoisotopic (exact) mass is 764 g/mol. The summed E-state index contributed by atoms with van der Waals surface area (Å²) >= 11 is 10.5. The van der Waals surface area contributed by atoms with Gasteiger partial charge in [0.2, 0.25) is 0 Å². The van der Waals surface area contributed by atoms with Crippen LogP contribution in [0.15, 0.2) is 59.5 Å². The maximum absolute atomic E-state index is 6.27. The first-order chi connectivity index (χ1) is 18.5. The predicted octanol–water partition coefficient (Wildman–Crippen LogP) is 8.24. The number of hydrogen-bond acceptors (Lipinski definition) is 4. The number of nitrogens with zero attached hydrogens (tertiary/aromatic N) is 1. The van der Waals surface area contributed by atoms with Crippen molar-refractivity contribution in [1.82, 2.24) is 5.32 Å². The molecule has 3 aliphatic rings. The number of amidine groups is 1. The smallest absolute Gasteiger partial charge is 0.290 e. The van der Waals surface area contributed by atoms with Gasteiger partial charge in [0.05, 0.1) is 26.2 Å². The lowest BCUT2D eigenvalue weighted by Crippen LogP contribution is -2.38. The van der Waals surface area contributed by atoms with E-state index in [9.17, 15) is 0 Å². The quantitative estimate of drug-likeness (QED) is 0.0859. The summed E-state index contributed by atoms with van der Waals surface area (Å²) in [6.07, 6.45) is 19.1. The van der Waals surface area contributed by atoms with Gasteiger partial charge in [-0.15, -0.1) is 11.6 Å². The van der Waals surface area contributed by atoms with E-state index in [4.69, 9.17) is 30.8 Å². The number of nitrogens with one attached hydrogen (secondary N) is 1. The Hall–Kier alpha value is -0.780. The third kappa shape index (κ3) is 9.70. The largest absolute Gasteiger partial charge is 0.457 e. The van der Waals surface area contributed by atoms with Gasteiger partial charge < -0.3 is 19.5 Å². The third-order valence-corrected chi connectivity index (χ3v) is 9.21. The highest BCUT2D eigenvalue weighted by molar-refractivity contribution is 14.1. The van der Waals surface area contributed by atoms with Gasteiger partial charge >= 0.3 is 0 Å². The Bertz CT molecular complexity index is 1020. The van der Waals surface area contributed by atoms with E-state index in [0.29, 0.717) is 42.8 Å². The molecule has 0 saturated heterocycles. The van der Waals surface area contributed by atoms with Crippen LogP contribution in [0.1, 0.15) is 69.8 Å². The molecule has 5 nitrogen and oxygen atoms in total. The van der Waals surface area contributed by atoms with Crippen LogP contribution in [-0.4, -0.2) is 40.6 Å². The molecule has 0 spiro atoms. The van der Waals surface area contributed by atoms with Crippen LogP contribution in [0.5, 0.6) is 5.75 Å². The van der Waals surface area contributed by atoms with E-state index in [1.54, 1.807) is 0 Å². The molecule has 2 saturated carbocycles. The van der Waals surface area contributed by atoms with Gasteiger partial charge in [-0.1, -0.05) is 79.8 Å². The van der Waals surface area contributed by atoms with Crippen molar-refractivity contribution in [3.63, 3.8) is 0 Å². The molecule has 1 aromatic carbocycles. The van der Waals surface area contributed by atoms with Crippen LogP contribution >= 0.6 is 56.8 Å². The first-order valence-corrected chi connectivity index (χ1v) is 16.7. The molecule has 0 amide bonds. The van der Waals surface area contributed by atoms with Gasteiger partial charge in [0.15, 0.2) is 0 Å². The van der Waals surface area contributed by atoms with E-state index < -0.39 is 0 Å². The zero-order chi connectivity index (χ0) is 26.7. The lowest BCUT2D eigenvalue weighted by atomic mass is 9.95. The van der Waals surface area contributed by atoms with E-state index in [2.05, 4.69) is 75.3 Å². The number of aliphatic imine (C=N–C) groups is 1. The fourth-order valence-corrected chi connectivity index (χ4v) is 6.74. The molecule has 4 rings (SSSR count). The molecule has 2 unspecified atom stereocenters. The second kappa shape index (κ2) is 15.9. The standard InChI is InChI=1S/C30H39ClI2N2O3/c1-21(37-30(34-23-8-4-2-5-9-23)35-24-10-6-3-7-11-24)18-22-12-14-29(26(32)19-22)38-25-13-15-28(27(33)20-25)36-17-16-31/h12-15,19-20,23-24,27-28H,1-11,16-18H2,(H,34,35). The van der Waals surface area contributed by atoms with Crippen molar-refractivity contribution in [2.24, 2.45) is 4.99 Å². The zero-order valence-electron chi connectivity index (χ0n) is 22.0. The number of alkyl halides is 2. The fourth-order valence-electron chi connectivity index (χ4n) is 5.15. The highest BCUT2D eigenvalue weighted by Gasteiger charge is 2.21. The zero-order valence-corrected chi connectivity index (χ0v) is 27.0. The average molecular weight is 765 g/mol. The van der Waals surface area contributed by atoms with Crippen molar-refractivity contribution in [2.45, 2.75) is 92.7 Å². The molecule has 0 bridgehead atoms. The summed E-state index contributed by atoms with van der Waals surface area (Å²) in [6, 6.07) is 7.71. The Morgan fingerprint density at radius 2 is 1.82 bits per heavy atom. The molecular weight excluding hydrogens is 726 g/mol. The lowest BCUT2D eigenvalue weighted by molar-refractivity contribution is 0.104. The summed E-state index contributed by atoms with van der Waals surface area (Å²) in [6.45, 7) is 4.78. The maximum Gasteiger partial charge on any atom is 0.290 e. The predicted molar refractivity (Wildman–Crippen MR) is 174 cm³/mol. The van der Waals surface area contributed by atoms with Gasteiger partial charge in [-0.3, -0.25) is 0 Å². The lowest BCUT2D eigenvalue weighted by Gasteiger charge is -2.26. The Morgan fingerprint density at radius 3 is 2.50 bits per heavy atom. The average Bonchev–Trinajstić information content (AvgIpc) is 2.91. The number of benzene rings is 1. The molecule has 1 aromatic rings. The Labute approximate surface area is 260 Å². The van der Waals surface area contributed by atoms with Gasteiger partial charge in [0, 0.05) is 18.3 Å². The molecule has 3 aliphatic carbocycles. The summed E-state index contributed by atoms with van der Waals surface area (Å²) in [5, 5.41) is 3.62. The highest BCUT2D eigenvalue weighted by atomic mass is 127. The molecular formula is C30H39ClI2N2O3. The SMILES string of the molecule is C=C(Cc1ccc(OC2=CC(I)C(OCCCl)C=C2)c(I)c1)OC(=NC1CCCCC1)NC1CCCCC1. The Balaban J connectivity index is 1.34. The van der Waals surface area contributed by atoms with Crippen molar-refractivity contribution in [3.05, 3.63) is 63.7 Å². The molecule has 38 heavy (non-hydrogen) atoms. The van der Waals surface area contributed by atoms with Crippen molar-refractivity contribution >= 4 is 62.8 Å². The number of halogens is 3. The first kappa shape index (κ1) is 30.2. The molecule has 8 heteroatoms. The summed E-state index contributed by atoms with van der Waals surface area (Å²) < 4.78 is 19.5. The van der Waals surface area contributed by atoms with Crippen LogP contribution in [0.4, 0.5) is 0 Å². The Morgan fingerprint density at radius 1 is 1.08 bits per heavy atom. The normalized spacial score (nSPS) is 23.1. The van der Waals surface area contributed by atoms with E-state index in [1.165, 1.54) is 51.4 Å². The number of ether oxygens (including phenoxy) is 3. The first-order valence-electron chi connectivity index (χ1n) is 13.9. The molecule has 0 aliphatic heterocycles.